The van der Waals surface area contributed by atoms with Gasteiger partial charge in [-0.2, -0.15) is 0 Å². The molecule has 1 N–H and O–H groups in total. The highest BCUT2D eigenvalue weighted by Crippen LogP contribution is 2.58. The Bertz CT molecular complexity index is 289. The Morgan fingerprint density at radius 3 is 2.42 bits per heavy atom. The quantitative estimate of drug-likeness (QED) is 0.723. The Kier molecular flexibility index (Phi) is 4.65. The molecule has 2 aliphatic rings. The van der Waals surface area contributed by atoms with E-state index in [1.54, 1.807) is 0 Å². The SMILES string of the molecule is CC(C)CNCC1(CCC(C)(C)C)CC2CCC1C2. The first-order valence-corrected chi connectivity index (χ1v) is 8.51. The van der Waals surface area contributed by atoms with Crippen LogP contribution in [0.25, 0.3) is 0 Å². The molecule has 2 saturated carbocycles. The van der Waals surface area contributed by atoms with Crippen LogP contribution in [0.15, 0.2) is 0 Å². The van der Waals surface area contributed by atoms with Gasteiger partial charge in [0.05, 0.1) is 0 Å². The maximum Gasteiger partial charge on any atom is 0.00107 e. The molecule has 1 nitrogen and oxygen atoms in total. The number of fused-ring (bicyclic) bond motifs is 2. The predicted molar refractivity (Wildman–Crippen MR) is 84.3 cm³/mol. The van der Waals surface area contributed by atoms with Crippen molar-refractivity contribution in [1.29, 1.82) is 0 Å². The minimum Gasteiger partial charge on any atom is -0.316 e. The zero-order valence-electron chi connectivity index (χ0n) is 13.9. The average Bonchev–Trinajstić information content (AvgIpc) is 2.85. The van der Waals surface area contributed by atoms with Crippen molar-refractivity contribution >= 4 is 0 Å². The summed E-state index contributed by atoms with van der Waals surface area (Å²) in [5.74, 6) is 2.86. The number of hydrogen-bond donors (Lipinski definition) is 1. The van der Waals surface area contributed by atoms with Crippen molar-refractivity contribution in [2.24, 2.45) is 28.6 Å². The standard InChI is InChI=1S/C18H35N/c1-14(2)12-19-13-18(9-8-17(3,4)5)11-15-6-7-16(18)10-15/h14-16,19H,6-13H2,1-5H3. The van der Waals surface area contributed by atoms with Gasteiger partial charge in [-0.25, -0.2) is 0 Å². The molecule has 112 valence electrons. The largest absolute Gasteiger partial charge is 0.316 e. The summed E-state index contributed by atoms with van der Waals surface area (Å²) in [6.45, 7) is 14.3. The van der Waals surface area contributed by atoms with E-state index in [1.165, 1.54) is 51.6 Å². The number of nitrogens with one attached hydrogen (secondary N) is 1. The minimum absolute atomic E-state index is 0.493. The van der Waals surface area contributed by atoms with Crippen molar-refractivity contribution < 1.29 is 0 Å². The zero-order chi connectivity index (χ0) is 14.1. The Balaban J connectivity index is 1.94. The van der Waals surface area contributed by atoms with E-state index in [4.69, 9.17) is 0 Å². The van der Waals surface area contributed by atoms with E-state index in [9.17, 15) is 0 Å². The Hall–Kier alpha value is -0.0400. The molecule has 3 unspecified atom stereocenters. The van der Waals surface area contributed by atoms with Gasteiger partial charge in [-0.3, -0.25) is 0 Å². The summed E-state index contributed by atoms with van der Waals surface area (Å²) in [4.78, 5) is 0. The van der Waals surface area contributed by atoms with E-state index < -0.39 is 0 Å². The third kappa shape index (κ3) is 3.97. The van der Waals surface area contributed by atoms with Crippen molar-refractivity contribution in [3.63, 3.8) is 0 Å². The molecule has 3 atom stereocenters. The van der Waals surface area contributed by atoms with Gasteiger partial charge in [0.1, 0.15) is 0 Å². The fourth-order valence-electron chi connectivity index (χ4n) is 4.40. The Morgan fingerprint density at radius 2 is 1.95 bits per heavy atom. The van der Waals surface area contributed by atoms with E-state index in [0.29, 0.717) is 10.8 Å². The van der Waals surface area contributed by atoms with Gasteiger partial charge in [0.15, 0.2) is 0 Å². The van der Waals surface area contributed by atoms with Gasteiger partial charge >= 0.3 is 0 Å². The van der Waals surface area contributed by atoms with Crippen LogP contribution in [-0.2, 0) is 0 Å². The molecule has 2 rings (SSSR count). The molecule has 0 aliphatic heterocycles. The maximum atomic E-state index is 3.79. The Labute approximate surface area is 120 Å². The van der Waals surface area contributed by atoms with Gasteiger partial charge in [0.2, 0.25) is 0 Å². The van der Waals surface area contributed by atoms with E-state index in [1.807, 2.05) is 0 Å². The van der Waals surface area contributed by atoms with Crippen molar-refractivity contribution in [2.45, 2.75) is 73.1 Å². The average molecular weight is 265 g/mol. The molecule has 2 bridgehead atoms. The molecule has 1 heteroatoms. The molecule has 2 fully saturated rings. The molecule has 19 heavy (non-hydrogen) atoms. The highest BCUT2D eigenvalue weighted by molar-refractivity contribution is 5.01. The van der Waals surface area contributed by atoms with Crippen LogP contribution in [0.1, 0.15) is 73.1 Å². The molecule has 0 amide bonds. The van der Waals surface area contributed by atoms with Crippen molar-refractivity contribution in [3.8, 4) is 0 Å². The van der Waals surface area contributed by atoms with Crippen LogP contribution in [-0.4, -0.2) is 13.1 Å². The topological polar surface area (TPSA) is 12.0 Å². The van der Waals surface area contributed by atoms with E-state index >= 15 is 0 Å². The van der Waals surface area contributed by atoms with Gasteiger partial charge in [0, 0.05) is 6.54 Å². The van der Waals surface area contributed by atoms with Gasteiger partial charge < -0.3 is 5.32 Å². The summed E-state index contributed by atoms with van der Waals surface area (Å²) in [7, 11) is 0. The minimum atomic E-state index is 0.493. The zero-order valence-corrected chi connectivity index (χ0v) is 13.9. The van der Waals surface area contributed by atoms with Gasteiger partial charge in [-0.05, 0) is 67.2 Å². The highest BCUT2D eigenvalue weighted by atomic mass is 14.9. The molecule has 0 spiro atoms. The summed E-state index contributed by atoms with van der Waals surface area (Å²) in [6, 6.07) is 0. The lowest BCUT2D eigenvalue weighted by atomic mass is 9.68. The summed E-state index contributed by atoms with van der Waals surface area (Å²) in [5.41, 5.74) is 1.14. The molecule has 0 heterocycles. The molecule has 0 aromatic rings. The monoisotopic (exact) mass is 265 g/mol. The molecular weight excluding hydrogens is 230 g/mol. The molecule has 2 aliphatic carbocycles. The lowest BCUT2D eigenvalue weighted by Crippen LogP contribution is -2.40. The number of rotatable bonds is 6. The second kappa shape index (κ2) is 5.76. The van der Waals surface area contributed by atoms with Gasteiger partial charge in [-0.15, -0.1) is 0 Å². The summed E-state index contributed by atoms with van der Waals surface area (Å²) < 4.78 is 0. The third-order valence-electron chi connectivity index (χ3n) is 5.50. The van der Waals surface area contributed by atoms with Crippen LogP contribution in [0, 0.1) is 28.6 Å². The van der Waals surface area contributed by atoms with Gasteiger partial charge in [0.25, 0.3) is 0 Å². The fourth-order valence-corrected chi connectivity index (χ4v) is 4.40. The van der Waals surface area contributed by atoms with Crippen molar-refractivity contribution in [2.75, 3.05) is 13.1 Å². The van der Waals surface area contributed by atoms with Crippen molar-refractivity contribution in [1.82, 2.24) is 5.32 Å². The molecule has 0 saturated heterocycles. The number of hydrogen-bond acceptors (Lipinski definition) is 1. The highest BCUT2D eigenvalue weighted by Gasteiger charge is 2.50. The first-order chi connectivity index (χ1) is 8.81. The summed E-state index contributed by atoms with van der Waals surface area (Å²) in [6.07, 6.45) is 8.92. The lowest BCUT2D eigenvalue weighted by molar-refractivity contribution is 0.120. The van der Waals surface area contributed by atoms with Crippen LogP contribution in [0.3, 0.4) is 0 Å². The van der Waals surface area contributed by atoms with Crippen LogP contribution in [0.2, 0.25) is 0 Å². The van der Waals surface area contributed by atoms with Crippen molar-refractivity contribution in [3.05, 3.63) is 0 Å². The van der Waals surface area contributed by atoms with Crippen LogP contribution in [0.5, 0.6) is 0 Å². The van der Waals surface area contributed by atoms with Crippen LogP contribution in [0.4, 0.5) is 0 Å². The molecule has 0 aromatic heterocycles. The van der Waals surface area contributed by atoms with E-state index in [-0.39, 0.29) is 0 Å². The molecule has 0 aromatic carbocycles. The summed E-state index contributed by atoms with van der Waals surface area (Å²) in [5, 5.41) is 3.79. The second-order valence-electron chi connectivity index (χ2n) is 9.03. The molecule has 0 radical (unpaired) electrons. The first-order valence-electron chi connectivity index (χ1n) is 8.51. The third-order valence-corrected chi connectivity index (χ3v) is 5.50. The summed E-state index contributed by atoms with van der Waals surface area (Å²) >= 11 is 0. The predicted octanol–water partition coefficient (Wildman–Crippen LogP) is 4.86. The van der Waals surface area contributed by atoms with Crippen LogP contribution < -0.4 is 5.32 Å². The van der Waals surface area contributed by atoms with Gasteiger partial charge in [-0.1, -0.05) is 41.0 Å². The molecular formula is C18H35N. The lowest BCUT2D eigenvalue weighted by Gasteiger charge is -2.40. The van der Waals surface area contributed by atoms with E-state index in [2.05, 4.69) is 39.9 Å². The first kappa shape index (κ1) is 15.4. The van der Waals surface area contributed by atoms with E-state index in [0.717, 1.165) is 17.8 Å². The fraction of sp³-hybridized carbons (Fsp3) is 1.00. The second-order valence-corrected chi connectivity index (χ2v) is 9.03. The Morgan fingerprint density at radius 1 is 1.21 bits per heavy atom. The normalized spacial score (nSPS) is 34.4. The maximum absolute atomic E-state index is 3.79. The van der Waals surface area contributed by atoms with Crippen LogP contribution >= 0.6 is 0 Å². The smallest absolute Gasteiger partial charge is 0.00107 e.